The van der Waals surface area contributed by atoms with Crippen LogP contribution < -0.4 is 33.2 Å². The van der Waals surface area contributed by atoms with Crippen molar-refractivity contribution in [3.8, 4) is 0 Å². The van der Waals surface area contributed by atoms with E-state index in [1.54, 1.807) is 6.20 Å². The molecule has 4 atom stereocenters. The van der Waals surface area contributed by atoms with E-state index in [0.29, 0.717) is 44.3 Å². The number of carbonyl (C=O) groups is 4. The summed E-state index contributed by atoms with van der Waals surface area (Å²) in [4.78, 5) is 59.2. The number of hydrogen-bond donors (Lipinski definition) is 9. The maximum absolute atomic E-state index is 13.3. The van der Waals surface area contributed by atoms with Crippen LogP contribution in [-0.2, 0) is 25.6 Å². The number of carboxylic acids is 1. The van der Waals surface area contributed by atoms with E-state index < -0.39 is 47.9 Å². The zero-order valence-corrected chi connectivity index (χ0v) is 21.4. The first-order valence-electron chi connectivity index (χ1n) is 12.8. The van der Waals surface area contributed by atoms with Gasteiger partial charge in [-0.3, -0.25) is 19.8 Å². The Balaban J connectivity index is 2.13. The predicted octanol–water partition coefficient (Wildman–Crippen LogP) is -2.28. The average Bonchev–Trinajstić information content (AvgIpc) is 3.57. The molecule has 1 aliphatic heterocycles. The maximum Gasteiger partial charge on any atom is 0.326 e. The molecule has 38 heavy (non-hydrogen) atoms. The summed E-state index contributed by atoms with van der Waals surface area (Å²) in [5, 5.41) is 24.8. The van der Waals surface area contributed by atoms with Crippen molar-refractivity contribution < 1.29 is 24.3 Å². The Bertz CT molecular complexity index is 941. The van der Waals surface area contributed by atoms with Gasteiger partial charge in [0.25, 0.3) is 0 Å². The number of carboxylic acid groups (broad SMARTS) is 1. The van der Waals surface area contributed by atoms with Crippen molar-refractivity contribution in [3.63, 3.8) is 0 Å². The zero-order valence-electron chi connectivity index (χ0n) is 21.4. The lowest BCUT2D eigenvalue weighted by atomic mass is 10.0. The quantitative estimate of drug-likeness (QED) is 0.0620. The molecule has 1 fully saturated rings. The summed E-state index contributed by atoms with van der Waals surface area (Å²) in [6.45, 7) is 0.972. The van der Waals surface area contributed by atoms with Crippen molar-refractivity contribution in [2.45, 2.75) is 75.5 Å². The highest BCUT2D eigenvalue weighted by atomic mass is 16.4. The summed E-state index contributed by atoms with van der Waals surface area (Å²) in [5.74, 6) is -2.95. The van der Waals surface area contributed by atoms with E-state index in [4.69, 9.17) is 22.6 Å². The Hall–Kier alpha value is -3.72. The van der Waals surface area contributed by atoms with Gasteiger partial charge < -0.3 is 48.1 Å². The molecule has 212 valence electrons. The summed E-state index contributed by atoms with van der Waals surface area (Å²) in [7, 11) is 0. The molecule has 1 aliphatic rings. The minimum absolute atomic E-state index is 0.169. The van der Waals surface area contributed by atoms with Gasteiger partial charge in [0.2, 0.25) is 17.7 Å². The molecule has 1 saturated heterocycles. The van der Waals surface area contributed by atoms with Crippen molar-refractivity contribution >= 4 is 29.7 Å². The molecule has 0 radical (unpaired) electrons. The number of H-pyrrole nitrogens is 1. The lowest BCUT2D eigenvalue weighted by Gasteiger charge is -2.29. The zero-order chi connectivity index (χ0) is 28.1. The molecule has 0 aliphatic carbocycles. The standard InChI is InChI=1S/C23H40N10O5/c24-8-2-1-5-16(31-19(34)15(25)11-14-12-28-13-30-14)20(35)32-17(6-3-9-29-23(26)27)21(36)33-10-4-7-18(33)22(37)38/h12-13,15-18H,1-11,24-25H2,(H,28,30)(H,31,34)(H,32,35)(H,37,38)(H4,26,27,29)/t15-,16-,17-,18-/m0/s1. The minimum atomic E-state index is -1.10. The molecule has 0 spiro atoms. The van der Waals surface area contributed by atoms with Gasteiger partial charge in [0.1, 0.15) is 18.1 Å². The Morgan fingerprint density at radius 1 is 1.16 bits per heavy atom. The van der Waals surface area contributed by atoms with E-state index in [9.17, 15) is 24.3 Å². The van der Waals surface area contributed by atoms with Crippen LogP contribution in [0.3, 0.4) is 0 Å². The number of carbonyl (C=O) groups excluding carboxylic acids is 3. The molecule has 1 aromatic heterocycles. The van der Waals surface area contributed by atoms with Gasteiger partial charge in [0, 0.05) is 25.7 Å². The van der Waals surface area contributed by atoms with Gasteiger partial charge in [-0.05, 0) is 51.5 Å². The van der Waals surface area contributed by atoms with E-state index >= 15 is 0 Å². The van der Waals surface area contributed by atoms with Crippen LogP contribution in [0.4, 0.5) is 0 Å². The van der Waals surface area contributed by atoms with Crippen LogP contribution in [0, 0.1) is 5.41 Å². The largest absolute Gasteiger partial charge is 0.480 e. The van der Waals surface area contributed by atoms with Crippen LogP contribution in [0.15, 0.2) is 12.5 Å². The molecular formula is C23H40N10O5. The molecule has 15 nitrogen and oxygen atoms in total. The van der Waals surface area contributed by atoms with E-state index in [1.165, 1.54) is 11.2 Å². The van der Waals surface area contributed by atoms with Crippen LogP contribution in [0.5, 0.6) is 0 Å². The number of imidazole rings is 1. The molecule has 1 aromatic rings. The number of guanidine groups is 1. The minimum Gasteiger partial charge on any atom is -0.480 e. The second kappa shape index (κ2) is 15.5. The average molecular weight is 537 g/mol. The van der Waals surface area contributed by atoms with Gasteiger partial charge in [0.05, 0.1) is 18.1 Å². The second-order valence-electron chi connectivity index (χ2n) is 9.29. The summed E-state index contributed by atoms with van der Waals surface area (Å²) in [6.07, 6.45) is 6.15. The first-order chi connectivity index (χ1) is 18.1. The number of nitrogens with two attached hydrogens (primary N) is 3. The fourth-order valence-electron chi connectivity index (χ4n) is 4.31. The van der Waals surface area contributed by atoms with E-state index in [1.807, 2.05) is 0 Å². The van der Waals surface area contributed by atoms with Crippen LogP contribution in [0.1, 0.15) is 50.6 Å². The van der Waals surface area contributed by atoms with Crippen LogP contribution in [0.2, 0.25) is 0 Å². The van der Waals surface area contributed by atoms with Crippen LogP contribution in [-0.4, -0.2) is 93.4 Å². The van der Waals surface area contributed by atoms with Gasteiger partial charge in [-0.2, -0.15) is 0 Å². The summed E-state index contributed by atoms with van der Waals surface area (Å²) < 4.78 is 0. The SMILES string of the molecule is N=C(N)NCCC[C@H](NC(=O)[C@H](CCCCN)NC(=O)[C@@H](N)Cc1c[nH]cn1)C(=O)N1CCC[C@H]1C(=O)O. The molecular weight excluding hydrogens is 496 g/mol. The molecule has 2 heterocycles. The Morgan fingerprint density at radius 3 is 2.50 bits per heavy atom. The molecule has 12 N–H and O–H groups in total. The lowest BCUT2D eigenvalue weighted by Crippen LogP contribution is -2.57. The van der Waals surface area contributed by atoms with Gasteiger partial charge >= 0.3 is 5.97 Å². The number of likely N-dealkylation sites (tertiary alicyclic amines) is 1. The third-order valence-corrected chi connectivity index (χ3v) is 6.32. The highest BCUT2D eigenvalue weighted by molar-refractivity contribution is 5.94. The van der Waals surface area contributed by atoms with Gasteiger partial charge in [0.15, 0.2) is 5.96 Å². The fraction of sp³-hybridized carbons (Fsp3) is 0.652. The Morgan fingerprint density at radius 2 is 1.87 bits per heavy atom. The van der Waals surface area contributed by atoms with E-state index in [-0.39, 0.29) is 38.3 Å². The number of unbranched alkanes of at least 4 members (excludes halogenated alkanes) is 1. The third-order valence-electron chi connectivity index (χ3n) is 6.32. The number of nitrogens with one attached hydrogen (secondary N) is 5. The number of rotatable bonds is 16. The third kappa shape index (κ3) is 9.63. The number of aliphatic carboxylic acids is 1. The van der Waals surface area contributed by atoms with Crippen molar-refractivity contribution in [2.24, 2.45) is 17.2 Å². The molecule has 0 bridgehead atoms. The second-order valence-corrected chi connectivity index (χ2v) is 9.29. The number of aromatic amines is 1. The van der Waals surface area contributed by atoms with Gasteiger partial charge in [-0.25, -0.2) is 9.78 Å². The lowest BCUT2D eigenvalue weighted by molar-refractivity contribution is -0.149. The summed E-state index contributed by atoms with van der Waals surface area (Å²) in [6, 6.07) is -3.90. The first-order valence-corrected chi connectivity index (χ1v) is 12.8. The summed E-state index contributed by atoms with van der Waals surface area (Å²) in [5.41, 5.74) is 17.5. The van der Waals surface area contributed by atoms with Crippen molar-refractivity contribution in [1.29, 1.82) is 5.41 Å². The predicted molar refractivity (Wildman–Crippen MR) is 139 cm³/mol. The van der Waals surface area contributed by atoms with Crippen LogP contribution >= 0.6 is 0 Å². The maximum atomic E-state index is 13.3. The molecule has 0 unspecified atom stereocenters. The molecule has 3 amide bonds. The molecule has 0 saturated carbocycles. The van der Waals surface area contributed by atoms with Gasteiger partial charge in [-0.15, -0.1) is 0 Å². The topological polar surface area (TPSA) is 258 Å². The normalized spacial score (nSPS) is 17.3. The number of amides is 3. The number of aromatic nitrogens is 2. The van der Waals surface area contributed by atoms with Crippen molar-refractivity contribution in [2.75, 3.05) is 19.6 Å². The number of nitrogens with zero attached hydrogens (tertiary/aromatic N) is 2. The monoisotopic (exact) mass is 536 g/mol. The van der Waals surface area contributed by atoms with Crippen molar-refractivity contribution in [1.82, 2.24) is 30.8 Å². The van der Waals surface area contributed by atoms with Crippen molar-refractivity contribution in [3.05, 3.63) is 18.2 Å². The number of hydrogen-bond acceptors (Lipinski definition) is 8. The Labute approximate surface area is 221 Å². The molecule has 2 rings (SSSR count). The van der Waals surface area contributed by atoms with Gasteiger partial charge in [-0.1, -0.05) is 0 Å². The Kier molecular flexibility index (Phi) is 12.5. The highest BCUT2D eigenvalue weighted by Crippen LogP contribution is 2.20. The van der Waals surface area contributed by atoms with Crippen LogP contribution in [0.25, 0.3) is 0 Å². The molecule has 0 aromatic carbocycles. The molecule has 15 heteroatoms. The van der Waals surface area contributed by atoms with E-state index in [2.05, 4.69) is 25.9 Å². The fourth-order valence-corrected chi connectivity index (χ4v) is 4.31. The first kappa shape index (κ1) is 30.5. The van der Waals surface area contributed by atoms with E-state index in [0.717, 1.165) is 0 Å². The highest BCUT2D eigenvalue weighted by Gasteiger charge is 2.38. The summed E-state index contributed by atoms with van der Waals surface area (Å²) >= 11 is 0. The smallest absolute Gasteiger partial charge is 0.326 e.